The number of aliphatic hydroxyl groups is 1. The number of likely N-dealkylation sites (tertiary alicyclic amines) is 1. The first-order valence-electron chi connectivity index (χ1n) is 5.04. The molecule has 1 aliphatic heterocycles. The van der Waals surface area contributed by atoms with E-state index >= 15 is 0 Å². The molecule has 1 N–H and O–H groups in total. The Hall–Kier alpha value is -0.0800. The van der Waals surface area contributed by atoms with Crippen LogP contribution in [-0.2, 0) is 0 Å². The van der Waals surface area contributed by atoms with E-state index in [9.17, 15) is 5.11 Å². The molecular formula is C10H19NO. The highest BCUT2D eigenvalue weighted by atomic mass is 16.3. The normalized spacial score (nSPS) is 49.2. The molecule has 2 unspecified atom stereocenters. The molecule has 1 saturated heterocycles. The van der Waals surface area contributed by atoms with E-state index in [0.717, 1.165) is 6.42 Å². The van der Waals surface area contributed by atoms with Crippen molar-refractivity contribution in [1.29, 1.82) is 0 Å². The van der Waals surface area contributed by atoms with Gasteiger partial charge in [-0.25, -0.2) is 0 Å². The molecule has 1 heterocycles. The molecule has 0 aromatic rings. The standard InChI is InChI=1S/C10H19NO/c1-9(11-7-4-8-11)5-3-6-10(9,2)12/h12H,3-8H2,1-2H3. The van der Waals surface area contributed by atoms with Gasteiger partial charge in [0.25, 0.3) is 0 Å². The zero-order valence-electron chi connectivity index (χ0n) is 8.14. The summed E-state index contributed by atoms with van der Waals surface area (Å²) in [5, 5.41) is 10.2. The van der Waals surface area contributed by atoms with Crippen molar-refractivity contribution < 1.29 is 5.11 Å². The Labute approximate surface area is 74.6 Å². The average Bonchev–Trinajstić information content (AvgIpc) is 2.03. The molecule has 2 rings (SSSR count). The molecule has 2 heteroatoms. The van der Waals surface area contributed by atoms with Crippen molar-refractivity contribution >= 4 is 0 Å². The van der Waals surface area contributed by atoms with Gasteiger partial charge in [0.2, 0.25) is 0 Å². The first kappa shape index (κ1) is 8.52. The fraction of sp³-hybridized carbons (Fsp3) is 1.00. The van der Waals surface area contributed by atoms with Gasteiger partial charge in [-0.3, -0.25) is 4.90 Å². The van der Waals surface area contributed by atoms with Gasteiger partial charge in [0.1, 0.15) is 0 Å². The van der Waals surface area contributed by atoms with E-state index in [2.05, 4.69) is 11.8 Å². The lowest BCUT2D eigenvalue weighted by atomic mass is 9.82. The van der Waals surface area contributed by atoms with Crippen molar-refractivity contribution in [3.05, 3.63) is 0 Å². The van der Waals surface area contributed by atoms with Gasteiger partial charge in [-0.15, -0.1) is 0 Å². The smallest absolute Gasteiger partial charge is 0.0799 e. The van der Waals surface area contributed by atoms with E-state index < -0.39 is 5.60 Å². The Morgan fingerprint density at radius 1 is 1.08 bits per heavy atom. The highest BCUT2D eigenvalue weighted by Crippen LogP contribution is 2.44. The van der Waals surface area contributed by atoms with Crippen LogP contribution in [0.2, 0.25) is 0 Å². The maximum absolute atomic E-state index is 10.2. The number of hydrogen-bond acceptors (Lipinski definition) is 2. The van der Waals surface area contributed by atoms with Crippen LogP contribution < -0.4 is 0 Å². The van der Waals surface area contributed by atoms with Crippen LogP contribution in [0.4, 0.5) is 0 Å². The molecule has 70 valence electrons. The van der Waals surface area contributed by atoms with Crippen molar-refractivity contribution in [2.24, 2.45) is 0 Å². The second-order valence-electron chi connectivity index (χ2n) is 4.74. The number of hydrogen-bond donors (Lipinski definition) is 1. The first-order chi connectivity index (χ1) is 5.56. The third kappa shape index (κ3) is 0.944. The lowest BCUT2D eigenvalue weighted by Gasteiger charge is -2.50. The van der Waals surface area contributed by atoms with Crippen molar-refractivity contribution in [3.63, 3.8) is 0 Å². The van der Waals surface area contributed by atoms with Gasteiger partial charge in [0.05, 0.1) is 5.60 Å². The van der Waals surface area contributed by atoms with Crippen molar-refractivity contribution in [2.45, 2.75) is 50.7 Å². The van der Waals surface area contributed by atoms with Gasteiger partial charge >= 0.3 is 0 Å². The Balaban J connectivity index is 2.17. The van der Waals surface area contributed by atoms with Gasteiger partial charge in [0.15, 0.2) is 0 Å². The van der Waals surface area contributed by atoms with Crippen LogP contribution >= 0.6 is 0 Å². The van der Waals surface area contributed by atoms with E-state index in [1.54, 1.807) is 0 Å². The molecule has 0 bridgehead atoms. The highest BCUT2D eigenvalue weighted by molar-refractivity contribution is 5.07. The third-order valence-electron chi connectivity index (χ3n) is 4.04. The Bertz CT molecular complexity index is 186. The molecule has 0 aromatic heterocycles. The summed E-state index contributed by atoms with van der Waals surface area (Å²) >= 11 is 0. The monoisotopic (exact) mass is 169 g/mol. The Morgan fingerprint density at radius 2 is 1.75 bits per heavy atom. The molecule has 0 amide bonds. The van der Waals surface area contributed by atoms with E-state index in [-0.39, 0.29) is 5.54 Å². The Morgan fingerprint density at radius 3 is 2.08 bits per heavy atom. The average molecular weight is 169 g/mol. The molecular weight excluding hydrogens is 150 g/mol. The summed E-state index contributed by atoms with van der Waals surface area (Å²) in [4.78, 5) is 2.44. The molecule has 1 saturated carbocycles. The fourth-order valence-corrected chi connectivity index (χ4v) is 2.62. The van der Waals surface area contributed by atoms with Crippen molar-refractivity contribution in [3.8, 4) is 0 Å². The minimum absolute atomic E-state index is 0.0747. The zero-order valence-corrected chi connectivity index (χ0v) is 8.14. The van der Waals surface area contributed by atoms with Crippen LogP contribution in [0.1, 0.15) is 39.5 Å². The maximum Gasteiger partial charge on any atom is 0.0799 e. The second-order valence-corrected chi connectivity index (χ2v) is 4.74. The van der Waals surface area contributed by atoms with Crippen molar-refractivity contribution in [1.82, 2.24) is 4.90 Å². The predicted octanol–water partition coefficient (Wildman–Crippen LogP) is 1.39. The largest absolute Gasteiger partial charge is 0.388 e. The van der Waals surface area contributed by atoms with Crippen LogP contribution in [0.15, 0.2) is 0 Å². The summed E-state index contributed by atoms with van der Waals surface area (Å²) in [5.41, 5.74) is -0.376. The summed E-state index contributed by atoms with van der Waals surface area (Å²) in [6, 6.07) is 0. The molecule has 0 radical (unpaired) electrons. The molecule has 2 atom stereocenters. The van der Waals surface area contributed by atoms with E-state index in [4.69, 9.17) is 0 Å². The second kappa shape index (κ2) is 2.46. The van der Waals surface area contributed by atoms with Crippen LogP contribution in [0, 0.1) is 0 Å². The molecule has 1 aliphatic carbocycles. The van der Waals surface area contributed by atoms with Crippen LogP contribution in [0.3, 0.4) is 0 Å². The fourth-order valence-electron chi connectivity index (χ4n) is 2.62. The van der Waals surface area contributed by atoms with E-state index in [0.29, 0.717) is 0 Å². The topological polar surface area (TPSA) is 23.5 Å². The van der Waals surface area contributed by atoms with Gasteiger partial charge in [-0.05, 0) is 39.5 Å². The zero-order chi connectivity index (χ0) is 8.82. The lowest BCUT2D eigenvalue weighted by Crippen LogP contribution is -2.62. The molecule has 0 aromatic carbocycles. The van der Waals surface area contributed by atoms with Gasteiger partial charge in [-0.1, -0.05) is 0 Å². The summed E-state index contributed by atoms with van der Waals surface area (Å²) in [6.45, 7) is 6.59. The highest BCUT2D eigenvalue weighted by Gasteiger charge is 2.52. The molecule has 0 spiro atoms. The van der Waals surface area contributed by atoms with Gasteiger partial charge in [0, 0.05) is 18.6 Å². The lowest BCUT2D eigenvalue weighted by molar-refractivity contribution is -0.0948. The summed E-state index contributed by atoms with van der Waals surface area (Å²) in [5.74, 6) is 0. The number of rotatable bonds is 1. The summed E-state index contributed by atoms with van der Waals surface area (Å²) in [7, 11) is 0. The molecule has 12 heavy (non-hydrogen) atoms. The summed E-state index contributed by atoms with van der Waals surface area (Å²) in [6.07, 6.45) is 4.63. The van der Waals surface area contributed by atoms with Gasteiger partial charge < -0.3 is 5.11 Å². The molecule has 2 nitrogen and oxygen atoms in total. The Kier molecular flexibility index (Phi) is 1.74. The minimum atomic E-state index is -0.451. The van der Waals surface area contributed by atoms with E-state index in [1.807, 2.05) is 6.92 Å². The predicted molar refractivity (Wildman–Crippen MR) is 49.1 cm³/mol. The number of nitrogens with zero attached hydrogens (tertiary/aromatic N) is 1. The van der Waals surface area contributed by atoms with Crippen LogP contribution in [0.25, 0.3) is 0 Å². The molecule has 2 fully saturated rings. The van der Waals surface area contributed by atoms with Crippen LogP contribution in [0.5, 0.6) is 0 Å². The van der Waals surface area contributed by atoms with Crippen LogP contribution in [-0.4, -0.2) is 34.2 Å². The molecule has 2 aliphatic rings. The maximum atomic E-state index is 10.2. The minimum Gasteiger partial charge on any atom is -0.388 e. The summed E-state index contributed by atoms with van der Waals surface area (Å²) < 4.78 is 0. The quantitative estimate of drug-likeness (QED) is 0.641. The van der Waals surface area contributed by atoms with Gasteiger partial charge in [-0.2, -0.15) is 0 Å². The van der Waals surface area contributed by atoms with E-state index in [1.165, 1.54) is 32.4 Å². The third-order valence-corrected chi connectivity index (χ3v) is 4.04. The SMILES string of the molecule is CC1(O)CCCC1(C)N1CCC1. The first-order valence-corrected chi connectivity index (χ1v) is 5.04. The van der Waals surface area contributed by atoms with Crippen molar-refractivity contribution in [2.75, 3.05) is 13.1 Å².